The van der Waals surface area contributed by atoms with Gasteiger partial charge in [0.05, 0.1) is 0 Å². The summed E-state index contributed by atoms with van der Waals surface area (Å²) < 4.78 is 0. The summed E-state index contributed by atoms with van der Waals surface area (Å²) in [7, 11) is 0. The van der Waals surface area contributed by atoms with E-state index in [-0.39, 0.29) is 6.42 Å². The van der Waals surface area contributed by atoms with Crippen LogP contribution in [0.5, 0.6) is 0 Å². The fourth-order valence-electron chi connectivity index (χ4n) is 2.32. The largest absolute Gasteiger partial charge is 0.480 e. The molecule has 0 saturated heterocycles. The number of hydrogen-bond acceptors (Lipinski definition) is 3. The fraction of sp³-hybridized carbons (Fsp3) is 0.263. The molecule has 23 heavy (non-hydrogen) atoms. The molecule has 4 nitrogen and oxygen atoms in total. The van der Waals surface area contributed by atoms with Crippen molar-refractivity contribution in [3.63, 3.8) is 0 Å². The Labute approximate surface area is 136 Å². The first kappa shape index (κ1) is 16.9. The molecule has 0 aliphatic rings. The van der Waals surface area contributed by atoms with Crippen molar-refractivity contribution in [2.45, 2.75) is 32.2 Å². The van der Waals surface area contributed by atoms with Gasteiger partial charge in [0.15, 0.2) is 0 Å². The number of nitrogens with two attached hydrogens (primary N) is 1. The molecule has 2 aromatic rings. The highest BCUT2D eigenvalue weighted by Crippen LogP contribution is 2.25. The summed E-state index contributed by atoms with van der Waals surface area (Å²) in [6.45, 7) is 4.30. The molecular formula is C19H22N2O2. The molecule has 2 rings (SSSR count). The molecule has 0 bridgehead atoms. The van der Waals surface area contributed by atoms with E-state index in [9.17, 15) is 4.79 Å². The highest BCUT2D eigenvalue weighted by atomic mass is 16.4. The van der Waals surface area contributed by atoms with Gasteiger partial charge in [0.25, 0.3) is 0 Å². The van der Waals surface area contributed by atoms with Crippen molar-refractivity contribution in [1.82, 2.24) is 4.98 Å². The SMILES string of the molecule is CC(C)c1ccc(/C(=C\CC(N)C(=O)O)c2cccnc2)cc1. The summed E-state index contributed by atoms with van der Waals surface area (Å²) in [5, 5.41) is 8.97. The van der Waals surface area contributed by atoms with Crippen LogP contribution >= 0.6 is 0 Å². The molecule has 0 fully saturated rings. The maximum absolute atomic E-state index is 10.9. The van der Waals surface area contributed by atoms with E-state index in [0.717, 1.165) is 16.7 Å². The fourth-order valence-corrected chi connectivity index (χ4v) is 2.32. The lowest BCUT2D eigenvalue weighted by molar-refractivity contribution is -0.138. The molecule has 0 aliphatic carbocycles. The lowest BCUT2D eigenvalue weighted by Gasteiger charge is -2.12. The second kappa shape index (κ2) is 7.70. The van der Waals surface area contributed by atoms with Crippen LogP contribution in [0.25, 0.3) is 5.57 Å². The molecule has 4 heteroatoms. The normalized spacial score (nSPS) is 13.1. The van der Waals surface area contributed by atoms with Gasteiger partial charge < -0.3 is 10.8 Å². The number of carboxylic acid groups (broad SMARTS) is 1. The predicted molar refractivity (Wildman–Crippen MR) is 92.1 cm³/mol. The maximum Gasteiger partial charge on any atom is 0.320 e. The topological polar surface area (TPSA) is 76.2 Å². The van der Waals surface area contributed by atoms with E-state index in [1.54, 1.807) is 12.4 Å². The lowest BCUT2D eigenvalue weighted by Crippen LogP contribution is -2.29. The molecule has 0 aliphatic heterocycles. The molecule has 3 N–H and O–H groups in total. The monoisotopic (exact) mass is 310 g/mol. The minimum Gasteiger partial charge on any atom is -0.480 e. The Balaban J connectivity index is 2.37. The summed E-state index contributed by atoms with van der Waals surface area (Å²) >= 11 is 0. The first-order chi connectivity index (χ1) is 11.0. The average molecular weight is 310 g/mol. The van der Waals surface area contributed by atoms with Crippen molar-refractivity contribution < 1.29 is 9.90 Å². The van der Waals surface area contributed by atoms with Crippen molar-refractivity contribution in [3.8, 4) is 0 Å². The van der Waals surface area contributed by atoms with Crippen molar-refractivity contribution >= 4 is 11.5 Å². The molecule has 1 aromatic carbocycles. The smallest absolute Gasteiger partial charge is 0.320 e. The summed E-state index contributed by atoms with van der Waals surface area (Å²) in [6.07, 6.45) is 5.63. The van der Waals surface area contributed by atoms with Gasteiger partial charge in [0.2, 0.25) is 0 Å². The highest BCUT2D eigenvalue weighted by Gasteiger charge is 2.12. The molecule has 1 heterocycles. The number of aliphatic carboxylic acids is 1. The van der Waals surface area contributed by atoms with Crippen LogP contribution in [-0.2, 0) is 4.79 Å². The Morgan fingerprint density at radius 3 is 2.43 bits per heavy atom. The van der Waals surface area contributed by atoms with Crippen molar-refractivity contribution in [2.24, 2.45) is 5.73 Å². The zero-order valence-electron chi connectivity index (χ0n) is 13.4. The van der Waals surface area contributed by atoms with Crippen LogP contribution in [0.15, 0.2) is 54.9 Å². The number of aromatic nitrogens is 1. The first-order valence-corrected chi connectivity index (χ1v) is 7.68. The Bertz CT molecular complexity index is 676. The number of nitrogens with zero attached hydrogens (tertiary/aromatic N) is 1. The lowest BCUT2D eigenvalue weighted by atomic mass is 9.94. The van der Waals surface area contributed by atoms with E-state index in [0.29, 0.717) is 5.92 Å². The molecule has 0 amide bonds. The van der Waals surface area contributed by atoms with E-state index in [1.165, 1.54) is 5.56 Å². The summed E-state index contributed by atoms with van der Waals surface area (Å²) in [4.78, 5) is 15.1. The van der Waals surface area contributed by atoms with Crippen LogP contribution in [0.4, 0.5) is 0 Å². The van der Waals surface area contributed by atoms with Crippen molar-refractivity contribution in [3.05, 3.63) is 71.6 Å². The van der Waals surface area contributed by atoms with Gasteiger partial charge in [0.1, 0.15) is 6.04 Å². The molecule has 0 radical (unpaired) electrons. The van der Waals surface area contributed by atoms with Gasteiger partial charge >= 0.3 is 5.97 Å². The van der Waals surface area contributed by atoms with Gasteiger partial charge in [-0.2, -0.15) is 0 Å². The van der Waals surface area contributed by atoms with Crippen molar-refractivity contribution in [2.75, 3.05) is 0 Å². The Kier molecular flexibility index (Phi) is 5.66. The number of rotatable bonds is 6. The zero-order valence-corrected chi connectivity index (χ0v) is 13.4. The van der Waals surface area contributed by atoms with Crippen LogP contribution in [-0.4, -0.2) is 22.1 Å². The van der Waals surface area contributed by atoms with Gasteiger partial charge in [-0.3, -0.25) is 9.78 Å². The third-order valence-corrected chi connectivity index (χ3v) is 3.75. The summed E-state index contributed by atoms with van der Waals surface area (Å²) in [5.74, 6) is -0.530. The minimum atomic E-state index is -0.998. The second-order valence-electron chi connectivity index (χ2n) is 5.82. The molecule has 1 atom stereocenters. The van der Waals surface area contributed by atoms with E-state index >= 15 is 0 Å². The number of benzene rings is 1. The number of pyridine rings is 1. The standard InChI is InChI=1S/C19H22N2O2/c1-13(2)14-5-7-15(8-6-14)17(9-10-18(20)19(22)23)16-4-3-11-21-12-16/h3-9,11-13,18H,10,20H2,1-2H3,(H,22,23)/b17-9+. The van der Waals surface area contributed by atoms with Crippen LogP contribution in [0, 0.1) is 0 Å². The Morgan fingerprint density at radius 1 is 1.22 bits per heavy atom. The third-order valence-electron chi connectivity index (χ3n) is 3.75. The van der Waals surface area contributed by atoms with Gasteiger partial charge in [-0.05, 0) is 35.1 Å². The third kappa shape index (κ3) is 4.50. The van der Waals surface area contributed by atoms with Crippen molar-refractivity contribution in [1.29, 1.82) is 0 Å². The predicted octanol–water partition coefficient (Wildman–Crippen LogP) is 3.44. The zero-order chi connectivity index (χ0) is 16.8. The maximum atomic E-state index is 10.9. The van der Waals surface area contributed by atoms with E-state index in [4.69, 9.17) is 10.8 Å². The van der Waals surface area contributed by atoms with Gasteiger partial charge in [-0.25, -0.2) is 0 Å². The first-order valence-electron chi connectivity index (χ1n) is 7.68. The van der Waals surface area contributed by atoms with E-state index < -0.39 is 12.0 Å². The average Bonchev–Trinajstić information content (AvgIpc) is 2.56. The minimum absolute atomic E-state index is 0.269. The van der Waals surface area contributed by atoms with E-state index in [2.05, 4.69) is 43.1 Å². The molecule has 120 valence electrons. The Morgan fingerprint density at radius 2 is 1.91 bits per heavy atom. The van der Waals surface area contributed by atoms with Crippen LogP contribution < -0.4 is 5.73 Å². The Hall–Kier alpha value is -2.46. The van der Waals surface area contributed by atoms with Crippen LogP contribution in [0.1, 0.15) is 42.9 Å². The quantitative estimate of drug-likeness (QED) is 0.857. The molecule has 0 spiro atoms. The molecular weight excluding hydrogens is 288 g/mol. The number of hydrogen-bond donors (Lipinski definition) is 2. The summed E-state index contributed by atoms with van der Waals surface area (Å²) in [5.41, 5.74) is 9.81. The van der Waals surface area contributed by atoms with Gasteiger partial charge in [0, 0.05) is 18.0 Å². The summed E-state index contributed by atoms with van der Waals surface area (Å²) in [6, 6.07) is 11.2. The van der Waals surface area contributed by atoms with E-state index in [1.807, 2.05) is 18.2 Å². The molecule has 1 unspecified atom stereocenters. The van der Waals surface area contributed by atoms with Gasteiger partial charge in [-0.1, -0.05) is 50.3 Å². The number of carboxylic acids is 1. The van der Waals surface area contributed by atoms with Crippen LogP contribution in [0.2, 0.25) is 0 Å². The molecule has 1 aromatic heterocycles. The van der Waals surface area contributed by atoms with Crippen LogP contribution in [0.3, 0.4) is 0 Å². The highest BCUT2D eigenvalue weighted by molar-refractivity contribution is 5.80. The van der Waals surface area contributed by atoms with Gasteiger partial charge in [-0.15, -0.1) is 0 Å². The number of carbonyl (C=O) groups is 1. The second-order valence-corrected chi connectivity index (χ2v) is 5.82. The molecule has 0 saturated carbocycles.